The number of sulfonamides is 1. The molecule has 34 heavy (non-hydrogen) atoms. The molecule has 0 saturated carbocycles. The second-order valence-electron chi connectivity index (χ2n) is 8.81. The Morgan fingerprint density at radius 1 is 1.06 bits per heavy atom. The van der Waals surface area contributed by atoms with Crippen molar-refractivity contribution in [2.75, 3.05) is 32.2 Å². The second kappa shape index (κ2) is 8.69. The molecule has 5 rings (SSSR count). The monoisotopic (exact) mass is 482 g/mol. The quantitative estimate of drug-likeness (QED) is 0.594. The number of ether oxygens (including phenoxy) is 1. The van der Waals surface area contributed by atoms with Crippen LogP contribution in [0.4, 0.5) is 10.1 Å². The molecule has 2 aliphatic heterocycles. The summed E-state index contributed by atoms with van der Waals surface area (Å²) in [6.45, 7) is 0.168. The van der Waals surface area contributed by atoms with E-state index in [0.717, 1.165) is 28.1 Å². The molecule has 3 aromatic rings. The molecule has 8 heteroatoms. The molecule has 0 aromatic heterocycles. The maximum atomic E-state index is 14.6. The number of benzene rings is 3. The SMILES string of the molecule is COc1cccc(-c2ccc3c(c2)[C@@H]2[C@@H](CCN2S(=O)(=O)c2ccccc2F)[C@H](CO)N3C)c1. The van der Waals surface area contributed by atoms with Gasteiger partial charge in [0, 0.05) is 25.2 Å². The van der Waals surface area contributed by atoms with Gasteiger partial charge in [-0.15, -0.1) is 0 Å². The number of methoxy groups -OCH3 is 1. The maximum Gasteiger partial charge on any atom is 0.246 e. The summed E-state index contributed by atoms with van der Waals surface area (Å²) in [6.07, 6.45) is 0.580. The molecular formula is C26H27FN2O4S. The molecule has 3 atom stereocenters. The van der Waals surface area contributed by atoms with Crippen LogP contribution in [0.25, 0.3) is 11.1 Å². The number of fused-ring (bicyclic) bond motifs is 3. The first-order chi connectivity index (χ1) is 16.4. The number of rotatable bonds is 5. The van der Waals surface area contributed by atoms with E-state index in [2.05, 4.69) is 0 Å². The molecule has 0 aliphatic carbocycles. The molecule has 0 radical (unpaired) electrons. The van der Waals surface area contributed by atoms with Crippen LogP contribution in [0.3, 0.4) is 0 Å². The summed E-state index contributed by atoms with van der Waals surface area (Å²) in [4.78, 5) is 1.71. The summed E-state index contributed by atoms with van der Waals surface area (Å²) in [5.41, 5.74) is 3.60. The lowest BCUT2D eigenvalue weighted by atomic mass is 9.81. The molecule has 0 unspecified atom stereocenters. The summed E-state index contributed by atoms with van der Waals surface area (Å²) in [5.74, 6) is -0.150. The van der Waals surface area contributed by atoms with Crippen LogP contribution >= 0.6 is 0 Å². The van der Waals surface area contributed by atoms with Crippen molar-refractivity contribution < 1.29 is 22.7 Å². The Kier molecular flexibility index (Phi) is 5.83. The number of aliphatic hydroxyl groups excluding tert-OH is 1. The zero-order valence-corrected chi connectivity index (χ0v) is 19.9. The molecule has 178 valence electrons. The van der Waals surface area contributed by atoms with Gasteiger partial charge in [0.15, 0.2) is 0 Å². The van der Waals surface area contributed by atoms with Gasteiger partial charge in [-0.1, -0.05) is 30.3 Å². The zero-order chi connectivity index (χ0) is 24.0. The van der Waals surface area contributed by atoms with Crippen molar-refractivity contribution in [3.63, 3.8) is 0 Å². The number of nitrogens with zero attached hydrogens (tertiary/aromatic N) is 2. The van der Waals surface area contributed by atoms with Gasteiger partial charge in [-0.2, -0.15) is 4.31 Å². The summed E-state index contributed by atoms with van der Waals surface area (Å²) >= 11 is 0. The van der Waals surface area contributed by atoms with Crippen molar-refractivity contribution in [1.82, 2.24) is 4.31 Å². The van der Waals surface area contributed by atoms with Crippen molar-refractivity contribution >= 4 is 15.7 Å². The molecule has 2 heterocycles. The maximum absolute atomic E-state index is 14.6. The third-order valence-corrected chi connectivity index (χ3v) is 9.04. The van der Waals surface area contributed by atoms with Crippen molar-refractivity contribution in [2.45, 2.75) is 23.4 Å². The summed E-state index contributed by atoms with van der Waals surface area (Å²) < 4.78 is 48.6. The summed E-state index contributed by atoms with van der Waals surface area (Å²) in [5, 5.41) is 10.2. The van der Waals surface area contributed by atoms with Gasteiger partial charge in [0.1, 0.15) is 16.5 Å². The number of aliphatic hydroxyl groups is 1. The fraction of sp³-hybridized carbons (Fsp3) is 0.308. The Hall–Kier alpha value is -2.94. The lowest BCUT2D eigenvalue weighted by Gasteiger charge is -2.44. The van der Waals surface area contributed by atoms with E-state index in [4.69, 9.17) is 4.74 Å². The molecule has 6 nitrogen and oxygen atoms in total. The van der Waals surface area contributed by atoms with Crippen molar-refractivity contribution in [3.8, 4) is 16.9 Å². The normalized spacial score (nSPS) is 22.4. The number of hydrogen-bond acceptors (Lipinski definition) is 5. The average Bonchev–Trinajstić information content (AvgIpc) is 3.30. The van der Waals surface area contributed by atoms with Crippen LogP contribution in [0, 0.1) is 11.7 Å². The Bertz CT molecular complexity index is 1330. The van der Waals surface area contributed by atoms with Crippen LogP contribution in [0.1, 0.15) is 18.0 Å². The highest BCUT2D eigenvalue weighted by molar-refractivity contribution is 7.89. The fourth-order valence-corrected chi connectivity index (χ4v) is 7.18. The number of likely N-dealkylation sites (N-methyl/N-ethyl adjacent to an activating group) is 1. The highest BCUT2D eigenvalue weighted by Gasteiger charge is 2.50. The first kappa shape index (κ1) is 22.8. The number of anilines is 1. The van der Waals surface area contributed by atoms with E-state index < -0.39 is 21.9 Å². The van der Waals surface area contributed by atoms with E-state index in [1.807, 2.05) is 54.4 Å². The largest absolute Gasteiger partial charge is 0.497 e. The smallest absolute Gasteiger partial charge is 0.246 e. The molecule has 3 aromatic carbocycles. The molecule has 2 aliphatic rings. The van der Waals surface area contributed by atoms with Crippen LogP contribution < -0.4 is 9.64 Å². The van der Waals surface area contributed by atoms with Gasteiger partial charge in [-0.25, -0.2) is 12.8 Å². The highest BCUT2D eigenvalue weighted by atomic mass is 32.2. The van der Waals surface area contributed by atoms with E-state index in [1.54, 1.807) is 7.11 Å². The highest BCUT2D eigenvalue weighted by Crippen LogP contribution is 2.51. The number of hydrogen-bond donors (Lipinski definition) is 1. The van der Waals surface area contributed by atoms with Gasteiger partial charge in [0.25, 0.3) is 0 Å². The van der Waals surface area contributed by atoms with Gasteiger partial charge in [0.05, 0.1) is 25.8 Å². The fourth-order valence-electron chi connectivity index (χ4n) is 5.44. The third-order valence-electron chi connectivity index (χ3n) is 7.13. The predicted octanol–water partition coefficient (Wildman–Crippen LogP) is 4.06. The Morgan fingerprint density at radius 2 is 1.82 bits per heavy atom. The topological polar surface area (TPSA) is 70.1 Å². The van der Waals surface area contributed by atoms with Gasteiger partial charge < -0.3 is 14.7 Å². The van der Waals surface area contributed by atoms with E-state index in [-0.39, 0.29) is 30.0 Å². The van der Waals surface area contributed by atoms with E-state index >= 15 is 0 Å². The first-order valence-corrected chi connectivity index (χ1v) is 12.7. The first-order valence-electron chi connectivity index (χ1n) is 11.2. The standard InChI is InChI=1S/C26H27FN2O4S/c1-28-23-11-10-18(17-6-5-7-19(14-17)33-2)15-21(23)26-20(24(28)16-30)12-13-29(26)34(31,32)25-9-4-3-8-22(25)27/h3-11,14-15,20,24,26,30H,12-13,16H2,1-2H3/t20-,24-,26-/m0/s1. The zero-order valence-electron chi connectivity index (χ0n) is 19.1. The molecule has 0 spiro atoms. The molecule has 0 bridgehead atoms. The minimum Gasteiger partial charge on any atom is -0.497 e. The molecule has 1 N–H and O–H groups in total. The van der Waals surface area contributed by atoms with E-state index in [1.165, 1.54) is 28.6 Å². The van der Waals surface area contributed by atoms with Crippen LogP contribution in [0.15, 0.2) is 71.6 Å². The van der Waals surface area contributed by atoms with E-state index in [0.29, 0.717) is 6.42 Å². The predicted molar refractivity (Wildman–Crippen MR) is 129 cm³/mol. The van der Waals surface area contributed by atoms with Crippen molar-refractivity contribution in [1.29, 1.82) is 0 Å². The average molecular weight is 483 g/mol. The minimum atomic E-state index is -4.08. The summed E-state index contributed by atoms with van der Waals surface area (Å²) in [7, 11) is -0.540. The minimum absolute atomic E-state index is 0.0949. The van der Waals surface area contributed by atoms with Gasteiger partial charge in [-0.3, -0.25) is 0 Å². The Morgan fingerprint density at radius 3 is 2.56 bits per heavy atom. The lowest BCUT2D eigenvalue weighted by molar-refractivity contribution is 0.193. The van der Waals surface area contributed by atoms with Crippen LogP contribution in [0.5, 0.6) is 5.75 Å². The van der Waals surface area contributed by atoms with Crippen LogP contribution in [0.2, 0.25) is 0 Å². The van der Waals surface area contributed by atoms with Crippen LogP contribution in [-0.4, -0.2) is 51.2 Å². The Balaban J connectivity index is 1.65. The molecule has 0 amide bonds. The number of halogens is 1. The van der Waals surface area contributed by atoms with Gasteiger partial charge in [0.2, 0.25) is 10.0 Å². The lowest BCUT2D eigenvalue weighted by Crippen LogP contribution is -2.48. The molecule has 1 saturated heterocycles. The van der Waals surface area contributed by atoms with Gasteiger partial charge in [-0.05, 0) is 59.5 Å². The van der Waals surface area contributed by atoms with E-state index in [9.17, 15) is 17.9 Å². The summed E-state index contributed by atoms with van der Waals surface area (Å²) in [6, 6.07) is 18.4. The Labute approximate surface area is 199 Å². The van der Waals surface area contributed by atoms with Crippen molar-refractivity contribution in [2.24, 2.45) is 5.92 Å². The molecule has 1 fully saturated rings. The van der Waals surface area contributed by atoms with Crippen molar-refractivity contribution in [3.05, 3.63) is 78.1 Å². The molecular weight excluding hydrogens is 455 g/mol. The second-order valence-corrected chi connectivity index (χ2v) is 10.7. The van der Waals surface area contributed by atoms with Crippen LogP contribution in [-0.2, 0) is 10.0 Å². The third kappa shape index (κ3) is 3.57. The van der Waals surface area contributed by atoms with Gasteiger partial charge >= 0.3 is 0 Å².